The molecular weight excluding hydrogens is 399 g/mol. The smallest absolute Gasteiger partial charge is 0.348 e. The average molecular weight is 415 g/mol. The predicted molar refractivity (Wildman–Crippen MR) is 105 cm³/mol. The van der Waals surface area contributed by atoms with E-state index in [-0.39, 0.29) is 12.6 Å². The first-order valence-corrected chi connectivity index (χ1v) is 9.35. The van der Waals surface area contributed by atoms with Gasteiger partial charge >= 0.3 is 5.69 Å². The van der Waals surface area contributed by atoms with Crippen LogP contribution >= 0.6 is 11.6 Å². The lowest BCUT2D eigenvalue weighted by atomic mass is 10.2. The van der Waals surface area contributed by atoms with Gasteiger partial charge in [0, 0.05) is 11.1 Å². The average Bonchev–Trinajstić information content (AvgIpc) is 3.49. The molecule has 0 saturated heterocycles. The molecule has 1 heterocycles. The van der Waals surface area contributed by atoms with Crippen LogP contribution in [0.2, 0.25) is 5.02 Å². The molecule has 0 spiro atoms. The molecule has 2 aromatic carbocycles. The minimum absolute atomic E-state index is 0.00640. The molecule has 1 aromatic heterocycles. The Morgan fingerprint density at radius 3 is 2.62 bits per heavy atom. The van der Waals surface area contributed by atoms with Crippen molar-refractivity contribution in [2.45, 2.75) is 25.4 Å². The lowest BCUT2D eigenvalue weighted by Crippen LogP contribution is -2.46. The molecule has 29 heavy (non-hydrogen) atoms. The Bertz CT molecular complexity index is 1220. The number of rotatable bonds is 5. The molecule has 0 radical (unpaired) electrons. The van der Waals surface area contributed by atoms with Crippen LogP contribution in [0.5, 0.6) is 0 Å². The summed E-state index contributed by atoms with van der Waals surface area (Å²) in [6, 6.07) is 11.9. The van der Waals surface area contributed by atoms with Gasteiger partial charge in [-0.1, -0.05) is 29.8 Å². The van der Waals surface area contributed by atoms with Crippen molar-refractivity contribution in [2.24, 2.45) is 0 Å². The summed E-state index contributed by atoms with van der Waals surface area (Å²) >= 11 is 6.01. The Balaban J connectivity index is 1.87. The number of benzene rings is 2. The number of carbonyl (C=O) groups is 1. The third-order valence-corrected chi connectivity index (χ3v) is 4.71. The molecule has 0 unspecified atom stereocenters. The fraction of sp³-hybridized carbons (Fsp3) is 0.200. The first kappa shape index (κ1) is 19.1. The fourth-order valence-electron chi connectivity index (χ4n) is 2.87. The number of carbonyl (C=O) groups excluding carboxylic acids is 1. The molecule has 1 amide bonds. The van der Waals surface area contributed by atoms with Gasteiger partial charge in [0.15, 0.2) is 0 Å². The van der Waals surface area contributed by atoms with Crippen molar-refractivity contribution >= 4 is 17.5 Å². The van der Waals surface area contributed by atoms with Crippen molar-refractivity contribution in [1.82, 2.24) is 19.7 Å². The molecule has 1 N–H and O–H groups in total. The minimum Gasteiger partial charge on any atom is -0.348 e. The highest BCUT2D eigenvalue weighted by molar-refractivity contribution is 6.30. The second kappa shape index (κ2) is 7.63. The van der Waals surface area contributed by atoms with E-state index in [1.54, 1.807) is 24.3 Å². The second-order valence-electron chi connectivity index (χ2n) is 6.79. The first-order valence-electron chi connectivity index (χ1n) is 8.98. The largest absolute Gasteiger partial charge is 0.352 e. The van der Waals surface area contributed by atoms with Crippen LogP contribution in [0.25, 0.3) is 5.69 Å². The van der Waals surface area contributed by atoms with Crippen LogP contribution in [0.15, 0.2) is 58.1 Å². The summed E-state index contributed by atoms with van der Waals surface area (Å²) in [4.78, 5) is 38.4. The second-order valence-corrected chi connectivity index (χ2v) is 7.23. The topological polar surface area (TPSA) is 86.0 Å². The third kappa shape index (κ3) is 4.12. The predicted octanol–water partition coefficient (Wildman–Crippen LogP) is 2.13. The van der Waals surface area contributed by atoms with Crippen LogP contribution in [-0.2, 0) is 6.54 Å². The lowest BCUT2D eigenvalue weighted by Gasteiger charge is -2.12. The fourth-order valence-corrected chi connectivity index (χ4v) is 3.06. The van der Waals surface area contributed by atoms with Crippen LogP contribution in [0.3, 0.4) is 0 Å². The Morgan fingerprint density at radius 1 is 1.17 bits per heavy atom. The van der Waals surface area contributed by atoms with E-state index in [1.807, 2.05) is 0 Å². The highest BCUT2D eigenvalue weighted by Gasteiger charge is 2.27. The van der Waals surface area contributed by atoms with E-state index in [0.717, 1.165) is 22.1 Å². The lowest BCUT2D eigenvalue weighted by molar-refractivity contribution is 0.0941. The molecule has 9 heteroatoms. The summed E-state index contributed by atoms with van der Waals surface area (Å²) in [6.07, 6.45) is 1.66. The van der Waals surface area contributed by atoms with Crippen LogP contribution in [0, 0.1) is 5.82 Å². The van der Waals surface area contributed by atoms with E-state index in [4.69, 9.17) is 11.6 Å². The highest BCUT2D eigenvalue weighted by Crippen LogP contribution is 2.19. The molecule has 0 bridgehead atoms. The highest BCUT2D eigenvalue weighted by atomic mass is 35.5. The van der Waals surface area contributed by atoms with E-state index in [9.17, 15) is 18.8 Å². The van der Waals surface area contributed by atoms with Crippen molar-refractivity contribution in [3.63, 3.8) is 0 Å². The number of nitrogens with one attached hydrogen (secondary N) is 1. The molecule has 1 aliphatic rings. The van der Waals surface area contributed by atoms with Gasteiger partial charge in [-0.3, -0.25) is 14.2 Å². The van der Waals surface area contributed by atoms with Gasteiger partial charge in [-0.2, -0.15) is 9.78 Å². The maximum Gasteiger partial charge on any atom is 0.352 e. The Labute approximate surface area is 169 Å². The summed E-state index contributed by atoms with van der Waals surface area (Å²) in [7, 11) is 0. The number of hydrogen-bond acceptors (Lipinski definition) is 4. The Morgan fingerprint density at radius 2 is 1.93 bits per heavy atom. The molecule has 148 valence electrons. The molecule has 4 rings (SSSR count). The van der Waals surface area contributed by atoms with Gasteiger partial charge in [0.2, 0.25) is 5.69 Å². The molecule has 3 aromatic rings. The van der Waals surface area contributed by atoms with Gasteiger partial charge in [0.05, 0.1) is 12.2 Å². The standard InChI is InChI=1S/C20H16ClFN4O3/c21-13-4-2-6-16(10-13)26-20(29)25(11-12-3-1-5-14(22)9-12)19(28)17(24-26)18(27)23-15-7-8-15/h1-6,9-10,15H,7-8,11H2,(H,23,27). The van der Waals surface area contributed by atoms with Crippen LogP contribution < -0.4 is 16.6 Å². The monoisotopic (exact) mass is 414 g/mol. The van der Waals surface area contributed by atoms with E-state index < -0.39 is 28.7 Å². The summed E-state index contributed by atoms with van der Waals surface area (Å²) in [6.45, 7) is -0.206. The Hall–Kier alpha value is -3.26. The summed E-state index contributed by atoms with van der Waals surface area (Å²) in [5.74, 6) is -1.15. The summed E-state index contributed by atoms with van der Waals surface area (Å²) in [5, 5.41) is 7.08. The van der Waals surface area contributed by atoms with E-state index in [1.165, 1.54) is 24.3 Å². The maximum absolute atomic E-state index is 13.6. The molecule has 0 aliphatic heterocycles. The number of amides is 1. The first-order chi connectivity index (χ1) is 13.9. The molecular formula is C20H16ClFN4O3. The van der Waals surface area contributed by atoms with Gasteiger partial charge in [-0.05, 0) is 48.7 Å². The maximum atomic E-state index is 13.6. The van der Waals surface area contributed by atoms with E-state index >= 15 is 0 Å². The van der Waals surface area contributed by atoms with Gasteiger partial charge < -0.3 is 5.32 Å². The molecule has 1 fully saturated rings. The number of nitrogens with zero attached hydrogens (tertiary/aromatic N) is 3. The quantitative estimate of drug-likeness (QED) is 0.693. The minimum atomic E-state index is -0.837. The summed E-state index contributed by atoms with van der Waals surface area (Å²) < 4.78 is 15.4. The zero-order valence-electron chi connectivity index (χ0n) is 15.1. The normalized spacial score (nSPS) is 13.3. The molecule has 1 saturated carbocycles. The van der Waals surface area contributed by atoms with Crippen LogP contribution in [0.1, 0.15) is 28.9 Å². The van der Waals surface area contributed by atoms with Crippen LogP contribution in [0.4, 0.5) is 4.39 Å². The summed E-state index contributed by atoms with van der Waals surface area (Å²) in [5.41, 5.74) is -1.30. The van der Waals surface area contributed by atoms with Gasteiger partial charge in [-0.15, -0.1) is 0 Å². The molecule has 1 aliphatic carbocycles. The van der Waals surface area contributed by atoms with Crippen molar-refractivity contribution in [3.8, 4) is 5.69 Å². The zero-order valence-corrected chi connectivity index (χ0v) is 15.9. The van der Waals surface area contributed by atoms with E-state index in [2.05, 4.69) is 10.4 Å². The Kier molecular flexibility index (Phi) is 5.02. The van der Waals surface area contributed by atoms with Gasteiger partial charge in [0.25, 0.3) is 11.5 Å². The van der Waals surface area contributed by atoms with Crippen molar-refractivity contribution in [3.05, 3.63) is 91.5 Å². The van der Waals surface area contributed by atoms with Crippen molar-refractivity contribution in [1.29, 1.82) is 0 Å². The van der Waals surface area contributed by atoms with Crippen molar-refractivity contribution < 1.29 is 9.18 Å². The van der Waals surface area contributed by atoms with Gasteiger partial charge in [0.1, 0.15) is 5.82 Å². The van der Waals surface area contributed by atoms with Crippen molar-refractivity contribution in [2.75, 3.05) is 0 Å². The number of halogens is 2. The number of hydrogen-bond donors (Lipinski definition) is 1. The molecule has 0 atom stereocenters. The van der Waals surface area contributed by atoms with E-state index in [0.29, 0.717) is 16.3 Å². The zero-order chi connectivity index (χ0) is 20.5. The molecule has 7 nitrogen and oxygen atoms in total. The number of aromatic nitrogens is 3. The SMILES string of the molecule is O=C(NC1CC1)c1nn(-c2cccc(Cl)c2)c(=O)n(Cc2cccc(F)c2)c1=O. The van der Waals surface area contributed by atoms with Gasteiger partial charge in [-0.25, -0.2) is 9.18 Å². The van der Waals surface area contributed by atoms with Crippen LogP contribution in [-0.4, -0.2) is 26.3 Å². The third-order valence-electron chi connectivity index (χ3n) is 4.47.